The summed E-state index contributed by atoms with van der Waals surface area (Å²) in [6.07, 6.45) is 16.2. The average Bonchev–Trinajstić information content (AvgIpc) is 2.67. The molecule has 0 heterocycles. The van der Waals surface area contributed by atoms with Gasteiger partial charge in [-0.3, -0.25) is 0 Å². The molecule has 0 bridgehead atoms. The first-order chi connectivity index (χ1) is 13.7. The molecule has 1 aromatic rings. The molecule has 0 unspecified atom stereocenters. The van der Waals surface area contributed by atoms with Gasteiger partial charge in [-0.2, -0.15) is 0 Å². The summed E-state index contributed by atoms with van der Waals surface area (Å²) in [4.78, 5) is 0. The lowest BCUT2D eigenvalue weighted by molar-refractivity contribution is 0.487. The molecule has 0 spiro atoms. The number of hydrogen-bond donors (Lipinski definition) is 0. The highest BCUT2D eigenvalue weighted by Crippen LogP contribution is 2.62. The summed E-state index contributed by atoms with van der Waals surface area (Å²) >= 11 is 0. The highest BCUT2D eigenvalue weighted by atomic mass is 31.1. The first-order valence-corrected chi connectivity index (χ1v) is 15.3. The summed E-state index contributed by atoms with van der Waals surface area (Å²) in [5.41, 5.74) is 3.72. The maximum Gasteiger partial charge on any atom is -0.00573 e. The Morgan fingerprint density at radius 3 is 1.59 bits per heavy atom. The number of rotatable bonds is 5. The van der Waals surface area contributed by atoms with Gasteiger partial charge in [-0.1, -0.05) is 120 Å². The topological polar surface area (TPSA) is 0 Å². The monoisotopic (exact) mass is 432 g/mol. The lowest BCUT2D eigenvalue weighted by atomic mass is 9.99. The molecular weight excluding hydrogens is 386 g/mol. The van der Waals surface area contributed by atoms with Crippen molar-refractivity contribution in [3.8, 4) is 0 Å². The summed E-state index contributed by atoms with van der Waals surface area (Å²) in [5, 5.41) is 2.63. The molecule has 0 nitrogen and oxygen atoms in total. The molecule has 2 aliphatic carbocycles. The van der Waals surface area contributed by atoms with E-state index < -0.39 is 0 Å². The zero-order chi connectivity index (χ0) is 21.1. The molecule has 0 atom stereocenters. The van der Waals surface area contributed by atoms with Crippen molar-refractivity contribution in [1.29, 1.82) is 0 Å². The third-order valence-corrected chi connectivity index (χ3v) is 14.6. The zero-order valence-electron chi connectivity index (χ0n) is 20.1. The van der Waals surface area contributed by atoms with Crippen molar-refractivity contribution in [3.63, 3.8) is 0 Å². The molecule has 0 aliphatic heterocycles. The van der Waals surface area contributed by atoms with Crippen LogP contribution in [0.15, 0.2) is 24.3 Å². The Labute approximate surface area is 184 Å². The van der Waals surface area contributed by atoms with Crippen LogP contribution < -0.4 is 5.30 Å². The quantitative estimate of drug-likeness (QED) is 0.407. The first kappa shape index (κ1) is 23.7. The first-order valence-electron chi connectivity index (χ1n) is 12.3. The highest BCUT2D eigenvalue weighted by molar-refractivity contribution is 7.67. The molecule has 1 aromatic carbocycles. The van der Waals surface area contributed by atoms with Crippen molar-refractivity contribution in [2.75, 3.05) is 0 Å². The van der Waals surface area contributed by atoms with Crippen molar-refractivity contribution in [3.05, 3.63) is 29.8 Å². The average molecular weight is 433 g/mol. The molecule has 0 N–H and O–H groups in total. The highest BCUT2D eigenvalue weighted by Gasteiger charge is 2.37. The van der Waals surface area contributed by atoms with Crippen molar-refractivity contribution < 1.29 is 0 Å². The van der Waals surface area contributed by atoms with E-state index in [1.54, 1.807) is 5.56 Å². The van der Waals surface area contributed by atoms with Crippen LogP contribution in [0.5, 0.6) is 0 Å². The largest absolute Gasteiger partial charge is 0.0911 e. The van der Waals surface area contributed by atoms with E-state index in [1.807, 2.05) is 5.30 Å². The summed E-state index contributed by atoms with van der Waals surface area (Å²) in [5.74, 6) is 0. The summed E-state index contributed by atoms with van der Waals surface area (Å²) in [7, 11) is -0.0893. The Balaban J connectivity index is 1.96. The summed E-state index contributed by atoms with van der Waals surface area (Å²) < 4.78 is 0. The van der Waals surface area contributed by atoms with Gasteiger partial charge in [0.05, 0.1) is 0 Å². The van der Waals surface area contributed by atoms with Crippen LogP contribution in [0.3, 0.4) is 0 Å². The Hall–Kier alpha value is 0.0800. The van der Waals surface area contributed by atoms with E-state index in [4.69, 9.17) is 0 Å². The molecule has 2 aliphatic rings. The van der Waals surface area contributed by atoms with Crippen LogP contribution in [0.1, 0.15) is 111 Å². The molecule has 2 saturated carbocycles. The summed E-state index contributed by atoms with van der Waals surface area (Å²) in [6.45, 7) is 14.9. The Morgan fingerprint density at radius 2 is 1.14 bits per heavy atom. The van der Waals surface area contributed by atoms with Crippen molar-refractivity contribution in [2.24, 2.45) is 0 Å². The van der Waals surface area contributed by atoms with Gasteiger partial charge in [-0.25, -0.2) is 0 Å². The van der Waals surface area contributed by atoms with E-state index in [2.05, 4.69) is 65.8 Å². The molecule has 29 heavy (non-hydrogen) atoms. The van der Waals surface area contributed by atoms with Crippen LogP contribution in [0.25, 0.3) is 0 Å². The second-order valence-corrected chi connectivity index (χ2v) is 18.2. The standard InChI is InChI=1S/C27H46P2/c1-26(2,3)28(27(4,5)6)21-22-15-13-14-20-25(22)29(23-16-9-7-10-17-23)24-18-11-8-12-19-24/h13-15,20,23-24H,7-12,16-19,21H2,1-6H3. The fourth-order valence-corrected chi connectivity index (χ4v) is 13.6. The maximum atomic E-state index is 2.57. The summed E-state index contributed by atoms with van der Waals surface area (Å²) in [6, 6.07) is 9.77. The molecule has 164 valence electrons. The third-order valence-electron chi connectivity index (χ3n) is 7.15. The van der Waals surface area contributed by atoms with E-state index in [1.165, 1.54) is 70.4 Å². The maximum absolute atomic E-state index is 2.57. The van der Waals surface area contributed by atoms with Crippen molar-refractivity contribution in [2.45, 2.75) is 134 Å². The molecule has 0 saturated heterocycles. The molecule has 3 rings (SSSR count). The van der Waals surface area contributed by atoms with Gasteiger partial charge in [0.2, 0.25) is 0 Å². The minimum absolute atomic E-state index is 0.00483. The zero-order valence-corrected chi connectivity index (χ0v) is 21.9. The predicted molar refractivity (Wildman–Crippen MR) is 137 cm³/mol. The molecule has 0 amide bonds. The van der Waals surface area contributed by atoms with Crippen molar-refractivity contribution in [1.82, 2.24) is 0 Å². The fraction of sp³-hybridized carbons (Fsp3) is 0.778. The van der Waals surface area contributed by atoms with Gasteiger partial charge in [-0.15, -0.1) is 0 Å². The van der Waals surface area contributed by atoms with Crippen LogP contribution >= 0.6 is 15.8 Å². The fourth-order valence-electron chi connectivity index (χ4n) is 5.96. The molecular formula is C27H46P2. The minimum Gasteiger partial charge on any atom is -0.0911 e. The van der Waals surface area contributed by atoms with E-state index in [-0.39, 0.29) is 15.8 Å². The van der Waals surface area contributed by atoms with Gasteiger partial charge in [0.1, 0.15) is 0 Å². The molecule has 0 radical (unpaired) electrons. The van der Waals surface area contributed by atoms with E-state index in [0.29, 0.717) is 10.3 Å². The number of benzene rings is 1. The second kappa shape index (κ2) is 10.1. The Bertz CT molecular complexity index is 593. The van der Waals surface area contributed by atoms with Gasteiger partial charge < -0.3 is 0 Å². The molecule has 0 aromatic heterocycles. The van der Waals surface area contributed by atoms with Gasteiger partial charge >= 0.3 is 0 Å². The van der Waals surface area contributed by atoms with Crippen LogP contribution in [0.2, 0.25) is 0 Å². The van der Waals surface area contributed by atoms with Gasteiger partial charge in [0, 0.05) is 0 Å². The normalized spacial score (nSPS) is 20.6. The van der Waals surface area contributed by atoms with Crippen LogP contribution in [-0.2, 0) is 6.16 Å². The molecule has 2 fully saturated rings. The third kappa shape index (κ3) is 6.30. The molecule has 2 heteroatoms. The Kier molecular flexibility index (Phi) is 8.29. The van der Waals surface area contributed by atoms with E-state index >= 15 is 0 Å². The van der Waals surface area contributed by atoms with Crippen LogP contribution in [0.4, 0.5) is 0 Å². The predicted octanol–water partition coefficient (Wildman–Crippen LogP) is 9.04. The second-order valence-electron chi connectivity index (χ2n) is 11.5. The minimum atomic E-state index is -0.0845. The van der Waals surface area contributed by atoms with Gasteiger partial charge in [-0.05, 0) is 64.3 Å². The lowest BCUT2D eigenvalue weighted by Gasteiger charge is -2.43. The number of hydrogen-bond acceptors (Lipinski definition) is 0. The van der Waals surface area contributed by atoms with E-state index in [0.717, 1.165) is 11.3 Å². The van der Waals surface area contributed by atoms with Crippen molar-refractivity contribution >= 4 is 21.1 Å². The lowest BCUT2D eigenvalue weighted by Crippen LogP contribution is -2.30. The SMILES string of the molecule is CC(C)(C)P(Cc1ccccc1P(C1CCCCC1)C1CCCCC1)C(C)(C)C. The van der Waals surface area contributed by atoms with Gasteiger partial charge in [0.15, 0.2) is 0 Å². The smallest absolute Gasteiger partial charge is 0.00573 e. The van der Waals surface area contributed by atoms with Crippen LogP contribution in [-0.4, -0.2) is 21.6 Å². The van der Waals surface area contributed by atoms with Crippen LogP contribution in [0, 0.1) is 0 Å². The van der Waals surface area contributed by atoms with E-state index in [9.17, 15) is 0 Å². The van der Waals surface area contributed by atoms with Gasteiger partial charge in [0.25, 0.3) is 0 Å². The Morgan fingerprint density at radius 1 is 0.690 bits per heavy atom.